The average molecular weight is 285 g/mol. The summed E-state index contributed by atoms with van der Waals surface area (Å²) in [5.74, 6) is 0.100. The van der Waals surface area contributed by atoms with E-state index in [0.29, 0.717) is 5.56 Å². The summed E-state index contributed by atoms with van der Waals surface area (Å²) in [7, 11) is 0. The highest BCUT2D eigenvalue weighted by molar-refractivity contribution is 5.35. The number of hydrogen-bond donors (Lipinski definition) is 4. The van der Waals surface area contributed by atoms with Crippen molar-refractivity contribution in [2.24, 2.45) is 0 Å². The van der Waals surface area contributed by atoms with Gasteiger partial charge in [-0.1, -0.05) is 6.92 Å². The number of rotatable bonds is 3. The van der Waals surface area contributed by atoms with E-state index in [1.807, 2.05) is 0 Å². The van der Waals surface area contributed by atoms with Gasteiger partial charge in [-0.2, -0.15) is 4.98 Å². The van der Waals surface area contributed by atoms with Crippen LogP contribution in [0.3, 0.4) is 0 Å². The monoisotopic (exact) mass is 285 g/mol. The first-order chi connectivity index (χ1) is 9.36. The van der Waals surface area contributed by atoms with Crippen LogP contribution in [-0.2, 0) is 4.74 Å². The summed E-state index contributed by atoms with van der Waals surface area (Å²) in [6, 6.07) is 0. The lowest BCUT2D eigenvalue weighted by molar-refractivity contribution is -0.130. The van der Waals surface area contributed by atoms with Crippen LogP contribution in [0.15, 0.2) is 11.0 Å². The van der Waals surface area contributed by atoms with Crippen LogP contribution in [-0.4, -0.2) is 49.3 Å². The summed E-state index contributed by atoms with van der Waals surface area (Å²) in [5, 5.41) is 29.6. The molecule has 2 heterocycles. The minimum atomic E-state index is -1.34. The van der Waals surface area contributed by atoms with E-state index < -0.39 is 36.3 Å². The molecule has 20 heavy (non-hydrogen) atoms. The zero-order chi connectivity index (χ0) is 15.1. The Bertz CT molecular complexity index is 555. The molecule has 1 aliphatic rings. The van der Waals surface area contributed by atoms with Crippen LogP contribution in [0, 0.1) is 6.92 Å². The maximum absolute atomic E-state index is 11.9. The van der Waals surface area contributed by atoms with Gasteiger partial charge in [0, 0.05) is 11.8 Å². The summed E-state index contributed by atoms with van der Waals surface area (Å²) >= 11 is 0. The number of nitrogen functional groups attached to an aromatic ring is 1. The highest BCUT2D eigenvalue weighted by Gasteiger charge is 2.53. The average Bonchev–Trinajstić information content (AvgIpc) is 2.68. The van der Waals surface area contributed by atoms with Crippen LogP contribution in [0.4, 0.5) is 5.82 Å². The normalized spacial score (nSPS) is 33.5. The van der Waals surface area contributed by atoms with E-state index >= 15 is 0 Å². The molecule has 0 spiro atoms. The highest BCUT2D eigenvalue weighted by Crippen LogP contribution is 2.38. The Morgan fingerprint density at radius 1 is 1.55 bits per heavy atom. The number of nitrogens with two attached hydrogens (primary N) is 1. The van der Waals surface area contributed by atoms with Crippen molar-refractivity contribution in [3.8, 4) is 0 Å². The van der Waals surface area contributed by atoms with Crippen molar-refractivity contribution >= 4 is 5.82 Å². The van der Waals surface area contributed by atoms with Crippen molar-refractivity contribution in [1.29, 1.82) is 0 Å². The Morgan fingerprint density at radius 2 is 2.20 bits per heavy atom. The molecule has 1 aromatic heterocycles. The van der Waals surface area contributed by atoms with Crippen LogP contribution in [0.5, 0.6) is 0 Å². The Hall–Kier alpha value is -1.48. The summed E-state index contributed by atoms with van der Waals surface area (Å²) in [6.07, 6.45) is -2.06. The predicted octanol–water partition coefficient (Wildman–Crippen LogP) is -1.47. The molecular weight excluding hydrogens is 266 g/mol. The zero-order valence-electron chi connectivity index (χ0n) is 11.4. The molecule has 8 heteroatoms. The fourth-order valence-corrected chi connectivity index (χ4v) is 2.36. The molecule has 0 unspecified atom stereocenters. The lowest BCUT2D eigenvalue weighted by atomic mass is 9.93. The molecule has 1 saturated heterocycles. The maximum Gasteiger partial charge on any atom is 0.351 e. The van der Waals surface area contributed by atoms with Crippen LogP contribution in [0.25, 0.3) is 0 Å². The molecule has 1 fully saturated rings. The van der Waals surface area contributed by atoms with Crippen LogP contribution in [0.2, 0.25) is 0 Å². The van der Waals surface area contributed by atoms with Gasteiger partial charge in [0.05, 0.1) is 6.61 Å². The van der Waals surface area contributed by atoms with Crippen molar-refractivity contribution in [3.63, 3.8) is 0 Å². The van der Waals surface area contributed by atoms with E-state index in [9.17, 15) is 20.1 Å². The number of ether oxygens (including phenoxy) is 1. The van der Waals surface area contributed by atoms with E-state index in [0.717, 1.165) is 4.57 Å². The molecule has 8 nitrogen and oxygen atoms in total. The largest absolute Gasteiger partial charge is 0.393 e. The van der Waals surface area contributed by atoms with Crippen LogP contribution in [0.1, 0.15) is 25.1 Å². The van der Waals surface area contributed by atoms with Crippen molar-refractivity contribution in [1.82, 2.24) is 9.55 Å². The van der Waals surface area contributed by atoms with Crippen LogP contribution >= 0.6 is 0 Å². The van der Waals surface area contributed by atoms with Crippen molar-refractivity contribution in [3.05, 3.63) is 22.2 Å². The summed E-state index contributed by atoms with van der Waals surface area (Å²) < 4.78 is 6.64. The Morgan fingerprint density at radius 3 is 2.70 bits per heavy atom. The standard InChI is InChI=1S/C12H19N3O5/c1-3-12(5-16)8(18)7(17)10(20-12)15-4-6(2)9(13)14-11(15)19/h4,7-8,10,16-18H,3,5H2,1-2H3,(H2,13,14,19)/t7-,8+,10-,12-/m1/s1. The van der Waals surface area contributed by atoms with Crippen molar-refractivity contribution in [2.75, 3.05) is 12.3 Å². The molecule has 1 aliphatic heterocycles. The Kier molecular flexibility index (Phi) is 3.83. The molecule has 0 radical (unpaired) electrons. The first kappa shape index (κ1) is 14.9. The van der Waals surface area contributed by atoms with E-state index in [-0.39, 0.29) is 12.2 Å². The first-order valence-corrected chi connectivity index (χ1v) is 6.36. The molecule has 5 N–H and O–H groups in total. The molecule has 0 bridgehead atoms. The third kappa shape index (κ3) is 2.10. The summed E-state index contributed by atoms with van der Waals surface area (Å²) in [5.41, 5.74) is 4.11. The van der Waals surface area contributed by atoms with E-state index in [1.54, 1.807) is 13.8 Å². The van der Waals surface area contributed by atoms with Gasteiger partial charge in [-0.15, -0.1) is 0 Å². The van der Waals surface area contributed by atoms with Gasteiger partial charge in [0.1, 0.15) is 23.6 Å². The van der Waals surface area contributed by atoms with Gasteiger partial charge in [-0.05, 0) is 13.3 Å². The van der Waals surface area contributed by atoms with E-state index in [2.05, 4.69) is 4.98 Å². The van der Waals surface area contributed by atoms with E-state index in [4.69, 9.17) is 10.5 Å². The lowest BCUT2D eigenvalue weighted by Gasteiger charge is -2.28. The topological polar surface area (TPSA) is 131 Å². The molecule has 0 saturated carbocycles. The first-order valence-electron chi connectivity index (χ1n) is 6.36. The second-order valence-corrected chi connectivity index (χ2v) is 5.02. The quantitative estimate of drug-likeness (QED) is 0.533. The minimum Gasteiger partial charge on any atom is -0.393 e. The second-order valence-electron chi connectivity index (χ2n) is 5.02. The third-order valence-corrected chi connectivity index (χ3v) is 3.82. The summed E-state index contributed by atoms with van der Waals surface area (Å²) in [4.78, 5) is 15.5. The van der Waals surface area contributed by atoms with Gasteiger partial charge in [0.15, 0.2) is 6.23 Å². The van der Waals surface area contributed by atoms with Gasteiger partial charge in [-0.25, -0.2) is 4.79 Å². The van der Waals surface area contributed by atoms with Crippen molar-refractivity contribution in [2.45, 2.75) is 44.3 Å². The molecule has 112 valence electrons. The minimum absolute atomic E-state index is 0.100. The SMILES string of the molecule is CC[C@]1(CO)O[C@@H](n2cc(C)c(N)nc2=O)[C@H](O)[C@@H]1O. The molecule has 4 atom stereocenters. The van der Waals surface area contributed by atoms with Gasteiger partial charge < -0.3 is 25.8 Å². The van der Waals surface area contributed by atoms with Crippen LogP contribution < -0.4 is 11.4 Å². The lowest BCUT2D eigenvalue weighted by Crippen LogP contribution is -2.45. The maximum atomic E-state index is 11.9. The third-order valence-electron chi connectivity index (χ3n) is 3.82. The van der Waals surface area contributed by atoms with Gasteiger partial charge in [-0.3, -0.25) is 4.57 Å². The number of anilines is 1. The summed E-state index contributed by atoms with van der Waals surface area (Å²) in [6.45, 7) is 2.91. The highest BCUT2D eigenvalue weighted by atomic mass is 16.6. The Balaban J connectivity index is 2.45. The number of hydrogen-bond acceptors (Lipinski definition) is 7. The zero-order valence-corrected chi connectivity index (χ0v) is 11.4. The molecule has 2 rings (SSSR count). The fourth-order valence-electron chi connectivity index (χ4n) is 2.36. The number of aliphatic hydroxyl groups is 3. The molecule has 1 aromatic rings. The van der Waals surface area contributed by atoms with Gasteiger partial charge in [0.2, 0.25) is 0 Å². The fraction of sp³-hybridized carbons (Fsp3) is 0.667. The Labute approximate surface area is 115 Å². The van der Waals surface area contributed by atoms with Gasteiger partial charge in [0.25, 0.3) is 0 Å². The smallest absolute Gasteiger partial charge is 0.351 e. The number of nitrogens with zero attached hydrogens (tertiary/aromatic N) is 2. The number of aromatic nitrogens is 2. The molecule has 0 amide bonds. The molecule has 0 aromatic carbocycles. The van der Waals surface area contributed by atoms with Crippen molar-refractivity contribution < 1.29 is 20.1 Å². The molecular formula is C12H19N3O5. The number of aryl methyl sites for hydroxylation is 1. The second kappa shape index (κ2) is 5.13. The molecule has 0 aliphatic carbocycles. The van der Waals surface area contributed by atoms with E-state index in [1.165, 1.54) is 6.20 Å². The number of aliphatic hydroxyl groups excluding tert-OH is 3. The van der Waals surface area contributed by atoms with Gasteiger partial charge >= 0.3 is 5.69 Å². The predicted molar refractivity (Wildman–Crippen MR) is 69.9 cm³/mol.